The number of nitrogens with one attached hydrogen (secondary N) is 1. The quantitative estimate of drug-likeness (QED) is 0.927. The van der Waals surface area contributed by atoms with Crippen LogP contribution in [-0.4, -0.2) is 13.4 Å². The van der Waals surface area contributed by atoms with Crippen molar-refractivity contribution in [3.8, 4) is 0 Å². The average Bonchev–Trinajstić information content (AvgIpc) is 2.69. The number of hydrogen-bond donors (Lipinski definition) is 1. The second-order valence-electron chi connectivity index (χ2n) is 3.75. The average molecular weight is 347 g/mol. The molecule has 0 saturated carbocycles. The molecule has 0 aliphatic rings. The van der Waals surface area contributed by atoms with Crippen LogP contribution < -0.4 is 4.72 Å². The molecule has 2 heterocycles. The molecule has 7 heteroatoms. The summed E-state index contributed by atoms with van der Waals surface area (Å²) in [6.45, 7) is 3.63. The first-order valence-electron chi connectivity index (χ1n) is 5.10. The first kappa shape index (κ1) is 13.5. The summed E-state index contributed by atoms with van der Waals surface area (Å²) in [5, 5.41) is 1.72. The highest BCUT2D eigenvalue weighted by atomic mass is 79.9. The molecule has 2 aromatic rings. The summed E-state index contributed by atoms with van der Waals surface area (Å²) in [6.07, 6.45) is 0. The molecule has 96 valence electrons. The molecule has 2 rings (SSSR count). The van der Waals surface area contributed by atoms with Crippen molar-refractivity contribution >= 4 is 43.0 Å². The third-order valence-corrected chi connectivity index (χ3v) is 6.33. The molecular weight excluding hydrogens is 336 g/mol. The van der Waals surface area contributed by atoms with E-state index in [0.29, 0.717) is 15.9 Å². The topological polar surface area (TPSA) is 59.1 Å². The Balaban J connectivity index is 2.37. The van der Waals surface area contributed by atoms with Crippen LogP contribution in [0.2, 0.25) is 0 Å². The van der Waals surface area contributed by atoms with Gasteiger partial charge in [-0.15, -0.1) is 11.3 Å². The SMILES string of the molecule is Cc1ccc(NS(=O)(=O)c2sccc2Br)c(C)n1. The number of anilines is 1. The van der Waals surface area contributed by atoms with E-state index in [2.05, 4.69) is 25.6 Å². The highest BCUT2D eigenvalue weighted by Gasteiger charge is 2.20. The molecular formula is C11H11BrN2O2S2. The zero-order valence-corrected chi connectivity index (χ0v) is 13.0. The number of thiophene rings is 1. The van der Waals surface area contributed by atoms with E-state index in [1.165, 1.54) is 11.3 Å². The van der Waals surface area contributed by atoms with Gasteiger partial charge < -0.3 is 0 Å². The molecule has 1 N–H and O–H groups in total. The lowest BCUT2D eigenvalue weighted by Crippen LogP contribution is -2.13. The van der Waals surface area contributed by atoms with Crippen LogP contribution in [-0.2, 0) is 10.0 Å². The van der Waals surface area contributed by atoms with Crippen molar-refractivity contribution in [1.82, 2.24) is 4.98 Å². The van der Waals surface area contributed by atoms with E-state index >= 15 is 0 Å². The minimum Gasteiger partial charge on any atom is -0.277 e. The first-order chi connectivity index (χ1) is 8.40. The second kappa shape index (κ2) is 4.99. The molecule has 0 saturated heterocycles. The fraction of sp³-hybridized carbons (Fsp3) is 0.182. The van der Waals surface area contributed by atoms with Crippen LogP contribution in [0.5, 0.6) is 0 Å². The molecule has 2 aromatic heterocycles. The Hall–Kier alpha value is -0.920. The third-order valence-electron chi connectivity index (χ3n) is 2.30. The fourth-order valence-electron chi connectivity index (χ4n) is 1.46. The van der Waals surface area contributed by atoms with Crippen LogP contribution in [0.1, 0.15) is 11.4 Å². The van der Waals surface area contributed by atoms with Gasteiger partial charge in [-0.05, 0) is 53.4 Å². The van der Waals surface area contributed by atoms with Gasteiger partial charge >= 0.3 is 0 Å². The summed E-state index contributed by atoms with van der Waals surface area (Å²) < 4.78 is 27.7. The van der Waals surface area contributed by atoms with Gasteiger partial charge in [-0.3, -0.25) is 9.71 Å². The molecule has 0 aromatic carbocycles. The minimum absolute atomic E-state index is 0.266. The molecule has 0 atom stereocenters. The molecule has 0 bridgehead atoms. The monoisotopic (exact) mass is 346 g/mol. The summed E-state index contributed by atoms with van der Waals surface area (Å²) >= 11 is 4.39. The van der Waals surface area contributed by atoms with Gasteiger partial charge in [0.1, 0.15) is 0 Å². The highest BCUT2D eigenvalue weighted by Crippen LogP contribution is 2.29. The maximum absolute atomic E-state index is 12.2. The standard InChI is InChI=1S/C11H11BrN2O2S2/c1-7-3-4-10(8(2)13-7)14-18(15,16)11-9(12)5-6-17-11/h3-6,14H,1-2H3. The highest BCUT2D eigenvalue weighted by molar-refractivity contribution is 9.10. The molecule has 0 unspecified atom stereocenters. The molecule has 0 fully saturated rings. The number of aromatic nitrogens is 1. The Morgan fingerprint density at radius 2 is 2.00 bits per heavy atom. The molecule has 4 nitrogen and oxygen atoms in total. The van der Waals surface area contributed by atoms with Gasteiger partial charge in [0.2, 0.25) is 0 Å². The number of hydrogen-bond acceptors (Lipinski definition) is 4. The molecule has 0 radical (unpaired) electrons. The molecule has 0 spiro atoms. The Labute approximate surface area is 118 Å². The zero-order chi connectivity index (χ0) is 13.3. The van der Waals surface area contributed by atoms with Crippen LogP contribution in [0.4, 0.5) is 5.69 Å². The zero-order valence-electron chi connectivity index (χ0n) is 9.77. The summed E-state index contributed by atoms with van der Waals surface area (Å²) in [6, 6.07) is 5.20. The number of aryl methyl sites for hydroxylation is 2. The van der Waals surface area contributed by atoms with Gasteiger partial charge in [-0.1, -0.05) is 0 Å². The van der Waals surface area contributed by atoms with Gasteiger partial charge in [0, 0.05) is 10.2 Å². The Bertz CT molecular complexity index is 680. The van der Waals surface area contributed by atoms with E-state index in [-0.39, 0.29) is 4.21 Å². The van der Waals surface area contributed by atoms with Crippen molar-refractivity contribution in [2.45, 2.75) is 18.1 Å². The summed E-state index contributed by atoms with van der Waals surface area (Å²) in [7, 11) is -3.55. The largest absolute Gasteiger partial charge is 0.277 e. The van der Waals surface area contributed by atoms with E-state index in [9.17, 15) is 8.42 Å². The molecule has 0 aliphatic carbocycles. The number of rotatable bonds is 3. The van der Waals surface area contributed by atoms with E-state index in [0.717, 1.165) is 5.69 Å². The number of nitrogens with zero attached hydrogens (tertiary/aromatic N) is 1. The maximum atomic E-state index is 12.2. The van der Waals surface area contributed by atoms with Gasteiger partial charge in [0.15, 0.2) is 4.21 Å². The van der Waals surface area contributed by atoms with Crippen LogP contribution in [0.25, 0.3) is 0 Å². The molecule has 0 aliphatic heterocycles. The van der Waals surface area contributed by atoms with Crippen molar-refractivity contribution in [2.24, 2.45) is 0 Å². The number of sulfonamides is 1. The van der Waals surface area contributed by atoms with E-state index in [1.54, 1.807) is 30.5 Å². The lowest BCUT2D eigenvalue weighted by Gasteiger charge is -2.09. The van der Waals surface area contributed by atoms with Crippen molar-refractivity contribution in [3.63, 3.8) is 0 Å². The van der Waals surface area contributed by atoms with Crippen LogP contribution in [0.15, 0.2) is 32.3 Å². The van der Waals surface area contributed by atoms with Gasteiger partial charge in [-0.2, -0.15) is 0 Å². The Kier molecular flexibility index (Phi) is 3.74. The van der Waals surface area contributed by atoms with Crippen LogP contribution >= 0.6 is 27.3 Å². The minimum atomic E-state index is -3.55. The summed E-state index contributed by atoms with van der Waals surface area (Å²) in [5.74, 6) is 0. The van der Waals surface area contributed by atoms with Gasteiger partial charge in [0.05, 0.1) is 11.4 Å². The normalized spacial score (nSPS) is 11.5. The lowest BCUT2D eigenvalue weighted by molar-refractivity contribution is 0.602. The van der Waals surface area contributed by atoms with Crippen molar-refractivity contribution in [2.75, 3.05) is 4.72 Å². The Morgan fingerprint density at radius 3 is 2.56 bits per heavy atom. The molecule has 0 amide bonds. The van der Waals surface area contributed by atoms with E-state index in [1.807, 2.05) is 6.92 Å². The summed E-state index contributed by atoms with van der Waals surface area (Å²) in [5.41, 5.74) is 2.01. The second-order valence-corrected chi connectivity index (χ2v) is 7.40. The van der Waals surface area contributed by atoms with Gasteiger partial charge in [0.25, 0.3) is 10.0 Å². The first-order valence-corrected chi connectivity index (χ1v) is 8.26. The summed E-state index contributed by atoms with van der Waals surface area (Å²) in [4.78, 5) is 4.23. The van der Waals surface area contributed by atoms with Gasteiger partial charge in [-0.25, -0.2) is 8.42 Å². The number of halogens is 1. The molecule has 18 heavy (non-hydrogen) atoms. The van der Waals surface area contributed by atoms with Crippen LogP contribution in [0, 0.1) is 13.8 Å². The third kappa shape index (κ3) is 2.73. The predicted molar refractivity (Wildman–Crippen MR) is 76.5 cm³/mol. The number of pyridine rings is 1. The van der Waals surface area contributed by atoms with Crippen LogP contribution in [0.3, 0.4) is 0 Å². The predicted octanol–water partition coefficient (Wildman–Crippen LogP) is 3.32. The lowest BCUT2D eigenvalue weighted by atomic mass is 10.3. The van der Waals surface area contributed by atoms with Crippen molar-refractivity contribution in [1.29, 1.82) is 0 Å². The van der Waals surface area contributed by atoms with Crippen molar-refractivity contribution in [3.05, 3.63) is 39.4 Å². The van der Waals surface area contributed by atoms with E-state index in [4.69, 9.17) is 0 Å². The maximum Gasteiger partial charge on any atom is 0.272 e. The Morgan fingerprint density at radius 1 is 1.28 bits per heavy atom. The smallest absolute Gasteiger partial charge is 0.272 e. The van der Waals surface area contributed by atoms with Crippen molar-refractivity contribution < 1.29 is 8.42 Å². The fourth-order valence-corrected chi connectivity index (χ4v) is 4.91. The van der Waals surface area contributed by atoms with E-state index < -0.39 is 10.0 Å².